The lowest BCUT2D eigenvalue weighted by Gasteiger charge is -2.16. The fraction of sp³-hybridized carbons (Fsp3) is 0.500. The first-order valence-electron chi connectivity index (χ1n) is 4.27. The molecule has 1 rings (SSSR count). The number of ketones is 1. The Kier molecular flexibility index (Phi) is 3.95. The summed E-state index contributed by atoms with van der Waals surface area (Å²) < 4.78 is 1.90. The summed E-state index contributed by atoms with van der Waals surface area (Å²) in [6.07, 6.45) is 0.578. The van der Waals surface area contributed by atoms with Crippen LogP contribution in [0.15, 0.2) is 13.6 Å². The van der Waals surface area contributed by atoms with Gasteiger partial charge in [0.2, 0.25) is 0 Å². The van der Waals surface area contributed by atoms with E-state index >= 15 is 0 Å². The van der Waals surface area contributed by atoms with Crippen molar-refractivity contribution in [3.8, 4) is 0 Å². The molecule has 0 atom stereocenters. The van der Waals surface area contributed by atoms with Crippen LogP contribution in [0.1, 0.15) is 37.6 Å². The largest absolute Gasteiger partial charge is 0.294 e. The summed E-state index contributed by atoms with van der Waals surface area (Å²) in [5, 5.41) is 0. The van der Waals surface area contributed by atoms with Gasteiger partial charge in [0, 0.05) is 12.0 Å². The fourth-order valence-corrected chi connectivity index (χ4v) is 3.96. The van der Waals surface area contributed by atoms with Gasteiger partial charge in [-0.25, -0.2) is 0 Å². The molecule has 0 aliphatic heterocycles. The first-order chi connectivity index (χ1) is 6.29. The van der Waals surface area contributed by atoms with Crippen molar-refractivity contribution in [2.75, 3.05) is 0 Å². The number of halogens is 2. The number of carbonyl (C=O) groups excluding carboxylic acids is 1. The summed E-state index contributed by atoms with van der Waals surface area (Å²) in [6, 6.07) is 1.88. The van der Waals surface area contributed by atoms with E-state index in [-0.39, 0.29) is 11.2 Å². The number of carbonyl (C=O) groups is 1. The van der Waals surface area contributed by atoms with Gasteiger partial charge in [0.15, 0.2) is 5.78 Å². The van der Waals surface area contributed by atoms with Gasteiger partial charge in [-0.1, -0.05) is 20.8 Å². The third-order valence-electron chi connectivity index (χ3n) is 1.65. The summed E-state index contributed by atoms with van der Waals surface area (Å²) in [5.41, 5.74) is 0.835. The van der Waals surface area contributed by atoms with Gasteiger partial charge in [-0.05, 0) is 43.3 Å². The number of hydrogen-bond donors (Lipinski definition) is 0. The third kappa shape index (κ3) is 3.48. The Morgan fingerprint density at radius 3 is 2.36 bits per heavy atom. The third-order valence-corrected chi connectivity index (χ3v) is 3.99. The Bertz CT molecular complexity index is 349. The van der Waals surface area contributed by atoms with Crippen molar-refractivity contribution < 1.29 is 4.79 Å². The maximum Gasteiger partial charge on any atom is 0.165 e. The van der Waals surface area contributed by atoms with Gasteiger partial charge in [-0.3, -0.25) is 4.79 Å². The minimum Gasteiger partial charge on any atom is -0.294 e. The minimum atomic E-state index is 0.0466. The van der Waals surface area contributed by atoms with Gasteiger partial charge in [0.1, 0.15) is 0 Å². The van der Waals surface area contributed by atoms with Crippen molar-refractivity contribution in [1.29, 1.82) is 0 Å². The SMILES string of the molecule is CC(C)(C)CC(=O)c1cc(Br)sc1Br. The van der Waals surface area contributed by atoms with E-state index in [9.17, 15) is 4.79 Å². The van der Waals surface area contributed by atoms with Crippen LogP contribution in [0.4, 0.5) is 0 Å². The molecule has 0 fully saturated rings. The van der Waals surface area contributed by atoms with Gasteiger partial charge in [0.05, 0.1) is 7.57 Å². The molecule has 0 amide bonds. The van der Waals surface area contributed by atoms with Crippen LogP contribution in [-0.4, -0.2) is 5.78 Å². The Morgan fingerprint density at radius 1 is 1.43 bits per heavy atom. The predicted octanol–water partition coefficient (Wildman–Crippen LogP) is 4.89. The second kappa shape index (κ2) is 4.45. The zero-order valence-corrected chi connectivity index (χ0v) is 12.3. The standard InChI is InChI=1S/C10H12Br2OS/c1-10(2,3)5-7(13)6-4-8(11)14-9(6)12/h4H,5H2,1-3H3. The van der Waals surface area contributed by atoms with Gasteiger partial charge in [-0.15, -0.1) is 11.3 Å². The fourth-order valence-electron chi connectivity index (χ4n) is 1.11. The second-order valence-electron chi connectivity index (χ2n) is 4.40. The Morgan fingerprint density at radius 2 is 2.00 bits per heavy atom. The molecule has 0 bridgehead atoms. The molecule has 1 aromatic rings. The van der Waals surface area contributed by atoms with E-state index in [1.165, 1.54) is 11.3 Å². The molecule has 1 nitrogen and oxygen atoms in total. The van der Waals surface area contributed by atoms with Crippen LogP contribution in [0.25, 0.3) is 0 Å². The Hall–Kier alpha value is 0.330. The highest BCUT2D eigenvalue weighted by Crippen LogP contribution is 2.34. The van der Waals surface area contributed by atoms with Crippen LogP contribution in [0, 0.1) is 5.41 Å². The minimum absolute atomic E-state index is 0.0466. The van der Waals surface area contributed by atoms with E-state index in [0.717, 1.165) is 13.1 Å². The van der Waals surface area contributed by atoms with Crippen molar-refractivity contribution in [2.24, 2.45) is 5.41 Å². The summed E-state index contributed by atoms with van der Waals surface area (Å²) in [7, 11) is 0. The van der Waals surface area contributed by atoms with Crippen LogP contribution >= 0.6 is 43.2 Å². The quantitative estimate of drug-likeness (QED) is 0.701. The van der Waals surface area contributed by atoms with E-state index in [0.29, 0.717) is 6.42 Å². The average Bonchev–Trinajstić information content (AvgIpc) is 2.26. The maximum atomic E-state index is 11.9. The van der Waals surface area contributed by atoms with Gasteiger partial charge < -0.3 is 0 Å². The molecule has 0 saturated carbocycles. The lowest BCUT2D eigenvalue weighted by atomic mass is 9.88. The van der Waals surface area contributed by atoms with Gasteiger partial charge >= 0.3 is 0 Å². The lowest BCUT2D eigenvalue weighted by molar-refractivity contribution is 0.0939. The Balaban J connectivity index is 2.85. The zero-order chi connectivity index (χ0) is 10.9. The highest BCUT2D eigenvalue weighted by Gasteiger charge is 2.20. The molecule has 78 valence electrons. The molecule has 0 aliphatic rings. The summed E-state index contributed by atoms with van der Waals surface area (Å²) >= 11 is 8.30. The molecule has 1 aromatic heterocycles. The van der Waals surface area contributed by atoms with Crippen LogP contribution in [-0.2, 0) is 0 Å². The molecule has 0 N–H and O–H groups in total. The maximum absolute atomic E-state index is 11.9. The molecular weight excluding hydrogens is 328 g/mol. The molecule has 0 unspecified atom stereocenters. The molecule has 0 radical (unpaired) electrons. The van der Waals surface area contributed by atoms with E-state index in [4.69, 9.17) is 0 Å². The number of Topliss-reactive ketones (excluding diaryl/α,β-unsaturated/α-hetero) is 1. The summed E-state index contributed by atoms with van der Waals surface area (Å²) in [6.45, 7) is 6.21. The van der Waals surface area contributed by atoms with E-state index in [1.807, 2.05) is 6.07 Å². The molecule has 4 heteroatoms. The topological polar surface area (TPSA) is 17.1 Å². The van der Waals surface area contributed by atoms with Crippen molar-refractivity contribution in [3.05, 3.63) is 19.2 Å². The summed E-state index contributed by atoms with van der Waals surface area (Å²) in [4.78, 5) is 11.9. The van der Waals surface area contributed by atoms with Crippen molar-refractivity contribution in [3.63, 3.8) is 0 Å². The van der Waals surface area contributed by atoms with Crippen molar-refractivity contribution in [2.45, 2.75) is 27.2 Å². The molecule has 0 spiro atoms. The first-order valence-corrected chi connectivity index (χ1v) is 6.68. The molecule has 0 aliphatic carbocycles. The highest BCUT2D eigenvalue weighted by atomic mass is 79.9. The smallest absolute Gasteiger partial charge is 0.165 e. The van der Waals surface area contributed by atoms with Crippen molar-refractivity contribution >= 4 is 49.0 Å². The number of rotatable bonds is 2. The first kappa shape index (κ1) is 12.4. The monoisotopic (exact) mass is 338 g/mol. The van der Waals surface area contributed by atoms with Crippen LogP contribution in [0.5, 0.6) is 0 Å². The predicted molar refractivity (Wildman–Crippen MR) is 68.1 cm³/mol. The molecule has 0 aromatic carbocycles. The average molecular weight is 340 g/mol. The molecule has 1 heterocycles. The number of hydrogen-bond acceptors (Lipinski definition) is 2. The van der Waals surface area contributed by atoms with Crippen LogP contribution in [0.2, 0.25) is 0 Å². The summed E-state index contributed by atoms with van der Waals surface area (Å²) in [5.74, 6) is 0.200. The van der Waals surface area contributed by atoms with E-state index < -0.39 is 0 Å². The zero-order valence-electron chi connectivity index (χ0n) is 8.36. The normalized spacial score (nSPS) is 11.8. The molecule has 0 saturated heterocycles. The Labute approximate surface area is 105 Å². The lowest BCUT2D eigenvalue weighted by Crippen LogP contribution is -2.12. The van der Waals surface area contributed by atoms with Crippen LogP contribution < -0.4 is 0 Å². The van der Waals surface area contributed by atoms with Crippen molar-refractivity contribution in [1.82, 2.24) is 0 Å². The highest BCUT2D eigenvalue weighted by molar-refractivity contribution is 9.12. The second-order valence-corrected chi connectivity index (χ2v) is 8.15. The molecule has 14 heavy (non-hydrogen) atoms. The van der Waals surface area contributed by atoms with Gasteiger partial charge in [-0.2, -0.15) is 0 Å². The van der Waals surface area contributed by atoms with Crippen LogP contribution in [0.3, 0.4) is 0 Å². The van der Waals surface area contributed by atoms with E-state index in [2.05, 4.69) is 52.6 Å². The molecular formula is C10H12Br2OS. The number of thiophene rings is 1. The van der Waals surface area contributed by atoms with Gasteiger partial charge in [0.25, 0.3) is 0 Å². The van der Waals surface area contributed by atoms with E-state index in [1.54, 1.807) is 0 Å².